The highest BCUT2D eigenvalue weighted by atomic mass is 16.5. The summed E-state index contributed by atoms with van der Waals surface area (Å²) in [5.74, 6) is -1.31. The van der Waals surface area contributed by atoms with Gasteiger partial charge in [-0.05, 0) is 46.9 Å². The summed E-state index contributed by atoms with van der Waals surface area (Å²) in [5.41, 5.74) is 3.55. The Bertz CT molecular complexity index is 1050. The molecule has 7 nitrogen and oxygen atoms in total. The van der Waals surface area contributed by atoms with Crippen molar-refractivity contribution in [2.75, 3.05) is 19.7 Å². The summed E-state index contributed by atoms with van der Waals surface area (Å²) in [6, 6.07) is 16.1. The van der Waals surface area contributed by atoms with Gasteiger partial charge in [0.15, 0.2) is 0 Å². The fourth-order valence-electron chi connectivity index (χ4n) is 5.53. The molecule has 32 heavy (non-hydrogen) atoms. The van der Waals surface area contributed by atoms with Crippen molar-refractivity contribution >= 4 is 18.0 Å². The zero-order valence-electron chi connectivity index (χ0n) is 17.7. The van der Waals surface area contributed by atoms with Gasteiger partial charge in [0.25, 0.3) is 0 Å². The van der Waals surface area contributed by atoms with Crippen LogP contribution in [0.5, 0.6) is 0 Å². The molecule has 2 aromatic rings. The van der Waals surface area contributed by atoms with Gasteiger partial charge < -0.3 is 20.5 Å². The van der Waals surface area contributed by atoms with E-state index < -0.39 is 23.4 Å². The lowest BCUT2D eigenvalue weighted by Gasteiger charge is -2.30. The highest BCUT2D eigenvalue weighted by Gasteiger charge is 2.73. The zero-order chi connectivity index (χ0) is 22.3. The van der Waals surface area contributed by atoms with Gasteiger partial charge >= 0.3 is 12.1 Å². The number of hydrogen-bond donors (Lipinski definition) is 3. The van der Waals surface area contributed by atoms with Crippen LogP contribution >= 0.6 is 0 Å². The van der Waals surface area contributed by atoms with Crippen LogP contribution < -0.4 is 10.6 Å². The lowest BCUT2D eigenvalue weighted by atomic mass is 9.75. The van der Waals surface area contributed by atoms with E-state index in [-0.39, 0.29) is 31.0 Å². The molecule has 2 amide bonds. The SMILES string of the molecule is O=C(CNC(=O)OCC1c2ccccc2-c2ccccc21)NCC1(C(=O)O)CC12CCC2. The maximum atomic E-state index is 12.2. The van der Waals surface area contributed by atoms with Crippen molar-refractivity contribution in [2.45, 2.75) is 31.6 Å². The van der Waals surface area contributed by atoms with E-state index in [1.165, 1.54) is 0 Å². The maximum Gasteiger partial charge on any atom is 0.407 e. The monoisotopic (exact) mass is 434 g/mol. The molecule has 0 aromatic heterocycles. The molecule has 0 heterocycles. The van der Waals surface area contributed by atoms with Crippen LogP contribution in [0.25, 0.3) is 11.1 Å². The molecular weight excluding hydrogens is 408 g/mol. The molecule has 1 unspecified atom stereocenters. The number of fused-ring (bicyclic) bond motifs is 3. The maximum absolute atomic E-state index is 12.2. The van der Waals surface area contributed by atoms with Gasteiger partial charge in [0, 0.05) is 12.5 Å². The lowest BCUT2D eigenvalue weighted by molar-refractivity contribution is -0.145. The van der Waals surface area contributed by atoms with Gasteiger partial charge in [-0.1, -0.05) is 55.0 Å². The van der Waals surface area contributed by atoms with Crippen molar-refractivity contribution in [1.29, 1.82) is 0 Å². The number of benzene rings is 2. The van der Waals surface area contributed by atoms with E-state index in [0.717, 1.165) is 41.5 Å². The van der Waals surface area contributed by atoms with E-state index in [1.807, 2.05) is 36.4 Å². The first-order valence-electron chi connectivity index (χ1n) is 11.0. The summed E-state index contributed by atoms with van der Waals surface area (Å²) in [5, 5.41) is 14.8. The average molecular weight is 434 g/mol. The van der Waals surface area contributed by atoms with Crippen LogP contribution in [-0.2, 0) is 14.3 Å². The molecule has 3 N–H and O–H groups in total. The average Bonchev–Trinajstić information content (AvgIpc) is 3.40. The first-order valence-corrected chi connectivity index (χ1v) is 11.0. The Hall–Kier alpha value is -3.35. The molecule has 2 saturated carbocycles. The Kier molecular flexibility index (Phi) is 4.92. The van der Waals surface area contributed by atoms with E-state index in [9.17, 15) is 19.5 Å². The predicted octanol–water partition coefficient (Wildman–Crippen LogP) is 3.29. The van der Waals surface area contributed by atoms with Crippen LogP contribution in [0.1, 0.15) is 42.7 Å². The fourth-order valence-corrected chi connectivity index (χ4v) is 5.53. The summed E-state index contributed by atoms with van der Waals surface area (Å²) < 4.78 is 5.42. The van der Waals surface area contributed by atoms with E-state index >= 15 is 0 Å². The minimum atomic E-state index is -0.845. The number of carbonyl (C=O) groups excluding carboxylic acids is 2. The number of amides is 2. The van der Waals surface area contributed by atoms with Crippen LogP contribution in [0.3, 0.4) is 0 Å². The van der Waals surface area contributed by atoms with Crippen LogP contribution in [-0.4, -0.2) is 42.8 Å². The molecule has 0 saturated heterocycles. The molecule has 2 fully saturated rings. The van der Waals surface area contributed by atoms with Crippen molar-refractivity contribution < 1.29 is 24.2 Å². The standard InChI is InChI=1S/C25H26N2O5/c28-21(27-15-25(22(29)30)14-24(25)10-5-11-24)12-26-23(31)32-13-20-18-8-3-1-6-16(18)17-7-2-4-9-19(17)20/h1-4,6-9,20H,5,10-15H2,(H,26,31)(H,27,28)(H,29,30). The van der Waals surface area contributed by atoms with Crippen LogP contribution in [0, 0.1) is 10.8 Å². The van der Waals surface area contributed by atoms with Crippen LogP contribution in [0.2, 0.25) is 0 Å². The number of ether oxygens (including phenoxy) is 1. The molecule has 0 radical (unpaired) electrons. The molecule has 0 bridgehead atoms. The Balaban J connectivity index is 1.11. The second-order valence-corrected chi connectivity index (χ2v) is 9.15. The van der Waals surface area contributed by atoms with Gasteiger partial charge in [0.2, 0.25) is 5.91 Å². The number of carboxylic acids is 1. The zero-order valence-corrected chi connectivity index (χ0v) is 17.7. The van der Waals surface area contributed by atoms with Gasteiger partial charge in [-0.15, -0.1) is 0 Å². The lowest BCUT2D eigenvalue weighted by Crippen LogP contribution is -2.43. The Morgan fingerprint density at radius 2 is 1.59 bits per heavy atom. The van der Waals surface area contributed by atoms with Crippen LogP contribution in [0.4, 0.5) is 4.79 Å². The van der Waals surface area contributed by atoms with Crippen LogP contribution in [0.15, 0.2) is 48.5 Å². The summed E-state index contributed by atoms with van der Waals surface area (Å²) in [6.45, 7) is 0.0268. The minimum Gasteiger partial charge on any atom is -0.481 e. The third kappa shape index (κ3) is 3.23. The second-order valence-electron chi connectivity index (χ2n) is 9.15. The third-order valence-electron chi connectivity index (χ3n) is 7.57. The first kappa shape index (κ1) is 20.5. The quantitative estimate of drug-likeness (QED) is 0.620. The van der Waals surface area contributed by atoms with Gasteiger partial charge in [0.05, 0.1) is 12.0 Å². The Labute approximate surface area is 186 Å². The topological polar surface area (TPSA) is 105 Å². The van der Waals surface area contributed by atoms with E-state index in [0.29, 0.717) is 6.42 Å². The summed E-state index contributed by atoms with van der Waals surface area (Å²) in [6.07, 6.45) is 2.82. The molecule has 0 aliphatic heterocycles. The van der Waals surface area contributed by atoms with Crippen molar-refractivity contribution in [3.8, 4) is 11.1 Å². The van der Waals surface area contributed by atoms with Crippen molar-refractivity contribution in [3.05, 3.63) is 59.7 Å². The largest absolute Gasteiger partial charge is 0.481 e. The fraction of sp³-hybridized carbons (Fsp3) is 0.400. The Morgan fingerprint density at radius 1 is 0.969 bits per heavy atom. The highest BCUT2D eigenvalue weighted by Crippen LogP contribution is 2.73. The molecule has 166 valence electrons. The molecule has 1 spiro atoms. The Morgan fingerprint density at radius 3 is 2.12 bits per heavy atom. The molecule has 5 rings (SSSR count). The minimum absolute atomic E-state index is 0.0501. The van der Waals surface area contributed by atoms with Gasteiger partial charge in [0.1, 0.15) is 6.61 Å². The number of nitrogens with one attached hydrogen (secondary N) is 2. The van der Waals surface area contributed by atoms with Crippen molar-refractivity contribution in [3.63, 3.8) is 0 Å². The van der Waals surface area contributed by atoms with E-state index in [4.69, 9.17) is 4.74 Å². The summed E-state index contributed by atoms with van der Waals surface area (Å²) >= 11 is 0. The van der Waals surface area contributed by atoms with Gasteiger partial charge in [-0.3, -0.25) is 9.59 Å². The van der Waals surface area contributed by atoms with Crippen molar-refractivity contribution in [2.24, 2.45) is 10.8 Å². The molecular formula is C25H26N2O5. The number of carboxylic acid groups (broad SMARTS) is 1. The third-order valence-corrected chi connectivity index (χ3v) is 7.57. The number of hydrogen-bond acceptors (Lipinski definition) is 4. The number of rotatable bonds is 7. The van der Waals surface area contributed by atoms with Crippen molar-refractivity contribution in [1.82, 2.24) is 10.6 Å². The number of carbonyl (C=O) groups is 3. The number of aliphatic carboxylic acids is 1. The molecule has 3 aliphatic rings. The van der Waals surface area contributed by atoms with Gasteiger partial charge in [-0.2, -0.15) is 0 Å². The normalized spacial score (nSPS) is 21.8. The molecule has 2 aromatic carbocycles. The van der Waals surface area contributed by atoms with Gasteiger partial charge in [-0.25, -0.2) is 4.79 Å². The highest BCUT2D eigenvalue weighted by molar-refractivity contribution is 5.85. The smallest absolute Gasteiger partial charge is 0.407 e. The molecule has 7 heteroatoms. The van der Waals surface area contributed by atoms with E-state index in [1.54, 1.807) is 0 Å². The number of alkyl carbamates (subject to hydrolysis) is 1. The van der Waals surface area contributed by atoms with E-state index in [2.05, 4.69) is 22.8 Å². The summed E-state index contributed by atoms with van der Waals surface area (Å²) in [7, 11) is 0. The summed E-state index contributed by atoms with van der Waals surface area (Å²) in [4.78, 5) is 36.1. The first-order chi connectivity index (χ1) is 15.5. The predicted molar refractivity (Wildman–Crippen MR) is 117 cm³/mol. The molecule has 3 aliphatic carbocycles. The second kappa shape index (κ2) is 7.65. The molecule has 1 atom stereocenters.